The van der Waals surface area contributed by atoms with Crippen molar-refractivity contribution >= 4 is 33.1 Å². The van der Waals surface area contributed by atoms with E-state index in [0.717, 1.165) is 0 Å². The Balaban J connectivity index is 3.03. The molecule has 5 nitrogen and oxygen atoms in total. The summed E-state index contributed by atoms with van der Waals surface area (Å²) in [4.78, 5) is 1.60. The molecule has 0 aliphatic heterocycles. The second-order valence-corrected chi connectivity index (χ2v) is 5.58. The lowest BCUT2D eigenvalue weighted by molar-refractivity contribution is 0.483. The number of aryl methyl sites for hydroxylation is 1. The van der Waals surface area contributed by atoms with Gasteiger partial charge >= 0.3 is 0 Å². The van der Waals surface area contributed by atoms with Gasteiger partial charge < -0.3 is 10.2 Å². The predicted molar refractivity (Wildman–Crippen MR) is 70.9 cm³/mol. The molecule has 0 amide bonds. The van der Waals surface area contributed by atoms with Crippen LogP contribution in [-0.4, -0.2) is 37.1 Å². The SMILES string of the molecule is Cc1cc(S(=O)(=O)O)ccc1NC(=S)N(C)C. The smallest absolute Gasteiger partial charge is 0.294 e. The fourth-order valence-electron chi connectivity index (χ4n) is 1.16. The molecule has 1 rings (SSSR count). The Hall–Kier alpha value is -1.18. The summed E-state index contributed by atoms with van der Waals surface area (Å²) < 4.78 is 30.7. The summed E-state index contributed by atoms with van der Waals surface area (Å²) in [6.07, 6.45) is 0. The van der Waals surface area contributed by atoms with Gasteiger partial charge in [0.25, 0.3) is 10.1 Å². The number of rotatable bonds is 2. The number of nitrogens with zero attached hydrogens (tertiary/aromatic N) is 1. The molecule has 7 heteroatoms. The van der Waals surface area contributed by atoms with Gasteiger partial charge in [0.05, 0.1) is 4.90 Å². The van der Waals surface area contributed by atoms with Crippen molar-refractivity contribution in [2.24, 2.45) is 0 Å². The normalized spacial score (nSPS) is 11.1. The molecule has 0 saturated heterocycles. The van der Waals surface area contributed by atoms with Crippen molar-refractivity contribution in [3.05, 3.63) is 23.8 Å². The number of benzene rings is 1. The molecule has 2 N–H and O–H groups in total. The summed E-state index contributed by atoms with van der Waals surface area (Å²) in [7, 11) is -0.552. The highest BCUT2D eigenvalue weighted by molar-refractivity contribution is 7.85. The Morgan fingerprint density at radius 1 is 1.41 bits per heavy atom. The van der Waals surface area contributed by atoms with Gasteiger partial charge in [-0.1, -0.05) is 0 Å². The lowest BCUT2D eigenvalue weighted by atomic mass is 10.2. The van der Waals surface area contributed by atoms with E-state index in [2.05, 4.69) is 5.32 Å². The monoisotopic (exact) mass is 274 g/mol. The first-order valence-corrected chi connectivity index (χ1v) is 6.63. The van der Waals surface area contributed by atoms with Crippen LogP contribution in [0.15, 0.2) is 23.1 Å². The summed E-state index contributed by atoms with van der Waals surface area (Å²) in [6.45, 7) is 1.73. The number of hydrogen-bond donors (Lipinski definition) is 2. The van der Waals surface area contributed by atoms with Crippen LogP contribution in [0.25, 0.3) is 0 Å². The Bertz CT molecular complexity index is 538. The van der Waals surface area contributed by atoms with Crippen LogP contribution in [-0.2, 0) is 10.1 Å². The van der Waals surface area contributed by atoms with E-state index in [1.165, 1.54) is 12.1 Å². The lowest BCUT2D eigenvalue weighted by Gasteiger charge is -2.17. The Labute approximate surface area is 106 Å². The first-order valence-electron chi connectivity index (χ1n) is 4.78. The van der Waals surface area contributed by atoms with E-state index in [9.17, 15) is 8.42 Å². The van der Waals surface area contributed by atoms with Crippen molar-refractivity contribution in [2.45, 2.75) is 11.8 Å². The minimum Gasteiger partial charge on any atom is -0.355 e. The quantitative estimate of drug-likeness (QED) is 0.629. The lowest BCUT2D eigenvalue weighted by Crippen LogP contribution is -2.27. The zero-order chi connectivity index (χ0) is 13.2. The zero-order valence-corrected chi connectivity index (χ0v) is 11.4. The van der Waals surface area contributed by atoms with Gasteiger partial charge in [0.1, 0.15) is 0 Å². The van der Waals surface area contributed by atoms with Gasteiger partial charge in [-0.2, -0.15) is 8.42 Å². The van der Waals surface area contributed by atoms with Gasteiger partial charge in [0.2, 0.25) is 0 Å². The predicted octanol–water partition coefficient (Wildman–Crippen LogP) is 1.50. The molecule has 0 aliphatic carbocycles. The van der Waals surface area contributed by atoms with Crippen molar-refractivity contribution in [3.8, 4) is 0 Å². The first kappa shape index (κ1) is 13.9. The highest BCUT2D eigenvalue weighted by Crippen LogP contribution is 2.19. The van der Waals surface area contributed by atoms with Crippen LogP contribution in [0.5, 0.6) is 0 Å². The van der Waals surface area contributed by atoms with Gasteiger partial charge in [-0.25, -0.2) is 0 Å². The number of hydrogen-bond acceptors (Lipinski definition) is 3. The molecular weight excluding hydrogens is 260 g/mol. The summed E-state index contributed by atoms with van der Waals surface area (Å²) in [5.74, 6) is 0. The van der Waals surface area contributed by atoms with Crippen LogP contribution in [0.2, 0.25) is 0 Å². The van der Waals surface area contributed by atoms with E-state index in [0.29, 0.717) is 16.4 Å². The Morgan fingerprint density at radius 2 is 2.00 bits per heavy atom. The van der Waals surface area contributed by atoms with Crippen LogP contribution in [0, 0.1) is 6.92 Å². The molecular formula is C10H14N2O3S2. The molecule has 0 radical (unpaired) electrons. The average molecular weight is 274 g/mol. The summed E-state index contributed by atoms with van der Waals surface area (Å²) >= 11 is 5.07. The molecule has 0 heterocycles. The molecule has 0 bridgehead atoms. The highest BCUT2D eigenvalue weighted by atomic mass is 32.2. The third-order valence-electron chi connectivity index (χ3n) is 2.14. The zero-order valence-electron chi connectivity index (χ0n) is 9.76. The molecule has 1 aromatic rings. The van der Waals surface area contributed by atoms with E-state index in [1.54, 1.807) is 32.0 Å². The molecule has 0 unspecified atom stereocenters. The minimum absolute atomic E-state index is 0.128. The summed E-state index contributed by atoms with van der Waals surface area (Å²) in [6, 6.07) is 4.27. The average Bonchev–Trinajstić information content (AvgIpc) is 2.19. The molecule has 0 aromatic heterocycles. The highest BCUT2D eigenvalue weighted by Gasteiger charge is 2.11. The van der Waals surface area contributed by atoms with E-state index in [-0.39, 0.29) is 4.90 Å². The third-order valence-corrected chi connectivity index (χ3v) is 3.46. The fraction of sp³-hybridized carbons (Fsp3) is 0.300. The topological polar surface area (TPSA) is 69.6 Å². The third kappa shape index (κ3) is 3.65. The van der Waals surface area contributed by atoms with Crippen LogP contribution in [0.1, 0.15) is 5.56 Å². The molecule has 0 fully saturated rings. The van der Waals surface area contributed by atoms with Crippen LogP contribution in [0.4, 0.5) is 5.69 Å². The van der Waals surface area contributed by atoms with Gasteiger partial charge in [-0.05, 0) is 42.9 Å². The second-order valence-electron chi connectivity index (χ2n) is 3.78. The van der Waals surface area contributed by atoms with Gasteiger partial charge in [0, 0.05) is 19.8 Å². The molecule has 17 heavy (non-hydrogen) atoms. The molecule has 0 saturated carbocycles. The van der Waals surface area contributed by atoms with E-state index in [4.69, 9.17) is 16.8 Å². The van der Waals surface area contributed by atoms with Gasteiger partial charge in [-0.3, -0.25) is 4.55 Å². The van der Waals surface area contributed by atoms with Crippen molar-refractivity contribution < 1.29 is 13.0 Å². The maximum absolute atomic E-state index is 10.9. The maximum atomic E-state index is 10.9. The van der Waals surface area contributed by atoms with Gasteiger partial charge in [-0.15, -0.1) is 0 Å². The first-order chi connectivity index (χ1) is 7.71. The van der Waals surface area contributed by atoms with Crippen molar-refractivity contribution in [1.82, 2.24) is 4.90 Å². The van der Waals surface area contributed by atoms with E-state index >= 15 is 0 Å². The van der Waals surface area contributed by atoms with Crippen LogP contribution >= 0.6 is 12.2 Å². The standard InChI is InChI=1S/C10H14N2O3S2/c1-7-6-8(17(13,14)15)4-5-9(7)11-10(16)12(2)3/h4-6H,1-3H3,(H,11,16)(H,13,14,15). The maximum Gasteiger partial charge on any atom is 0.294 e. The Morgan fingerprint density at radius 3 is 2.41 bits per heavy atom. The molecule has 0 aliphatic rings. The van der Waals surface area contributed by atoms with Crippen molar-refractivity contribution in [3.63, 3.8) is 0 Å². The second kappa shape index (κ2) is 4.99. The summed E-state index contributed by atoms with van der Waals surface area (Å²) in [5.41, 5.74) is 1.39. The fourth-order valence-corrected chi connectivity index (χ4v) is 1.84. The summed E-state index contributed by atoms with van der Waals surface area (Å²) in [5, 5.41) is 3.49. The number of nitrogens with one attached hydrogen (secondary N) is 1. The van der Waals surface area contributed by atoms with E-state index < -0.39 is 10.1 Å². The molecule has 0 spiro atoms. The largest absolute Gasteiger partial charge is 0.355 e. The molecule has 1 aromatic carbocycles. The van der Waals surface area contributed by atoms with Crippen molar-refractivity contribution in [1.29, 1.82) is 0 Å². The van der Waals surface area contributed by atoms with E-state index in [1.807, 2.05) is 0 Å². The molecule has 0 atom stereocenters. The van der Waals surface area contributed by atoms with Gasteiger partial charge in [0.15, 0.2) is 5.11 Å². The van der Waals surface area contributed by atoms with Crippen LogP contribution < -0.4 is 5.32 Å². The number of thiocarbonyl (C=S) groups is 1. The Kier molecular flexibility index (Phi) is 4.07. The minimum atomic E-state index is -4.16. The molecule has 94 valence electrons. The van der Waals surface area contributed by atoms with Crippen molar-refractivity contribution in [2.75, 3.05) is 19.4 Å². The van der Waals surface area contributed by atoms with Crippen LogP contribution in [0.3, 0.4) is 0 Å². The number of anilines is 1.